The first-order chi connectivity index (χ1) is 10.2. The van der Waals surface area contributed by atoms with Gasteiger partial charge in [0.15, 0.2) is 0 Å². The number of amides is 1. The van der Waals surface area contributed by atoms with Crippen molar-refractivity contribution < 1.29 is 4.79 Å². The van der Waals surface area contributed by atoms with Gasteiger partial charge in [-0.05, 0) is 18.9 Å². The zero-order valence-electron chi connectivity index (χ0n) is 11.4. The van der Waals surface area contributed by atoms with E-state index < -0.39 is 0 Å². The van der Waals surface area contributed by atoms with Crippen molar-refractivity contribution in [3.05, 3.63) is 46.6 Å². The Kier molecular flexibility index (Phi) is 3.63. The van der Waals surface area contributed by atoms with Crippen LogP contribution in [-0.4, -0.2) is 33.9 Å². The van der Waals surface area contributed by atoms with Crippen molar-refractivity contribution in [1.29, 1.82) is 0 Å². The lowest BCUT2D eigenvalue weighted by atomic mass is 10.2. The molecule has 0 aromatic carbocycles. The second kappa shape index (κ2) is 5.74. The van der Waals surface area contributed by atoms with E-state index in [9.17, 15) is 9.59 Å². The molecule has 0 bridgehead atoms. The molecule has 7 heteroatoms. The van der Waals surface area contributed by atoms with Gasteiger partial charge in [0.2, 0.25) is 5.56 Å². The van der Waals surface area contributed by atoms with Crippen LogP contribution >= 0.6 is 0 Å². The molecule has 1 aliphatic heterocycles. The van der Waals surface area contributed by atoms with Crippen LogP contribution in [0.25, 0.3) is 0 Å². The molecule has 2 N–H and O–H groups in total. The summed E-state index contributed by atoms with van der Waals surface area (Å²) in [7, 11) is 0. The summed E-state index contributed by atoms with van der Waals surface area (Å²) in [5.74, 6) is 0.944. The first-order valence-corrected chi connectivity index (χ1v) is 6.79. The van der Waals surface area contributed by atoms with Gasteiger partial charge in [0.05, 0.1) is 5.56 Å². The van der Waals surface area contributed by atoms with Gasteiger partial charge < -0.3 is 15.2 Å². The van der Waals surface area contributed by atoms with Gasteiger partial charge in [0.25, 0.3) is 5.91 Å². The summed E-state index contributed by atoms with van der Waals surface area (Å²) in [6.07, 6.45) is 5.13. The molecule has 7 nitrogen and oxygen atoms in total. The number of aromatic amines is 1. The monoisotopic (exact) mass is 285 g/mol. The highest BCUT2D eigenvalue weighted by Gasteiger charge is 2.15. The standard InChI is InChI=1S/C14H15N5O2/c20-13-4-3-10(8-15-13)14(21)18-11-7-12(17-9-16-11)19-5-1-2-6-19/h3-4,7-9H,1-2,5-6H2,(H,15,20)(H,16,17,18,21). The van der Waals surface area contributed by atoms with Gasteiger partial charge in [-0.25, -0.2) is 9.97 Å². The Labute approximate surface area is 121 Å². The lowest BCUT2D eigenvalue weighted by molar-refractivity contribution is 0.102. The quantitative estimate of drug-likeness (QED) is 0.878. The molecule has 0 atom stereocenters. The van der Waals surface area contributed by atoms with E-state index in [1.807, 2.05) is 0 Å². The second-order valence-electron chi connectivity index (χ2n) is 4.85. The number of nitrogens with one attached hydrogen (secondary N) is 2. The summed E-state index contributed by atoms with van der Waals surface area (Å²) in [4.78, 5) is 35.9. The molecular formula is C14H15N5O2. The highest BCUT2D eigenvalue weighted by Crippen LogP contribution is 2.19. The average molecular weight is 285 g/mol. The molecule has 3 heterocycles. The van der Waals surface area contributed by atoms with Crippen LogP contribution in [0.4, 0.5) is 11.6 Å². The van der Waals surface area contributed by atoms with E-state index in [-0.39, 0.29) is 11.5 Å². The Bertz CT molecular complexity index is 686. The third kappa shape index (κ3) is 3.07. The minimum atomic E-state index is -0.322. The number of aromatic nitrogens is 3. The minimum absolute atomic E-state index is 0.245. The van der Waals surface area contributed by atoms with Crippen molar-refractivity contribution in [2.75, 3.05) is 23.3 Å². The van der Waals surface area contributed by atoms with E-state index in [0.717, 1.165) is 31.7 Å². The molecule has 0 spiro atoms. The Morgan fingerprint density at radius 2 is 2.05 bits per heavy atom. The molecule has 1 fully saturated rings. The minimum Gasteiger partial charge on any atom is -0.356 e. The van der Waals surface area contributed by atoms with Crippen molar-refractivity contribution in [1.82, 2.24) is 15.0 Å². The number of H-pyrrole nitrogens is 1. The summed E-state index contributed by atoms with van der Waals surface area (Å²) >= 11 is 0. The first kappa shape index (κ1) is 13.3. The summed E-state index contributed by atoms with van der Waals surface area (Å²) in [6, 6.07) is 4.54. The molecule has 0 radical (unpaired) electrons. The molecule has 0 saturated carbocycles. The van der Waals surface area contributed by atoms with E-state index in [2.05, 4.69) is 25.2 Å². The lowest BCUT2D eigenvalue weighted by Crippen LogP contribution is -2.20. The average Bonchev–Trinajstić information content (AvgIpc) is 3.02. The summed E-state index contributed by atoms with van der Waals surface area (Å²) in [5.41, 5.74) is 0.126. The van der Waals surface area contributed by atoms with Gasteiger partial charge in [-0.15, -0.1) is 0 Å². The third-order valence-electron chi connectivity index (χ3n) is 3.37. The van der Waals surface area contributed by atoms with E-state index in [4.69, 9.17) is 0 Å². The SMILES string of the molecule is O=C(Nc1cc(N2CCCC2)ncn1)c1ccc(=O)[nH]c1. The molecule has 3 rings (SSSR count). The summed E-state index contributed by atoms with van der Waals surface area (Å²) in [5, 5.41) is 2.70. The molecule has 0 aliphatic carbocycles. The van der Waals surface area contributed by atoms with E-state index in [1.165, 1.54) is 24.7 Å². The van der Waals surface area contributed by atoms with E-state index in [0.29, 0.717) is 11.4 Å². The van der Waals surface area contributed by atoms with Gasteiger partial charge in [0.1, 0.15) is 18.0 Å². The van der Waals surface area contributed by atoms with Crippen LogP contribution in [0, 0.1) is 0 Å². The van der Waals surface area contributed by atoms with Gasteiger partial charge in [-0.2, -0.15) is 0 Å². The van der Waals surface area contributed by atoms with Crippen LogP contribution in [0.5, 0.6) is 0 Å². The highest BCUT2D eigenvalue weighted by molar-refractivity contribution is 6.03. The van der Waals surface area contributed by atoms with E-state index >= 15 is 0 Å². The predicted octanol–water partition coefficient (Wildman–Crippen LogP) is 1.02. The normalized spacial score (nSPS) is 14.2. The fourth-order valence-corrected chi connectivity index (χ4v) is 2.27. The predicted molar refractivity (Wildman–Crippen MR) is 78.5 cm³/mol. The van der Waals surface area contributed by atoms with Crippen LogP contribution in [0.15, 0.2) is 35.5 Å². The number of pyridine rings is 1. The van der Waals surface area contributed by atoms with Crippen molar-refractivity contribution in [2.45, 2.75) is 12.8 Å². The Morgan fingerprint density at radius 3 is 2.76 bits per heavy atom. The molecular weight excluding hydrogens is 270 g/mol. The smallest absolute Gasteiger partial charge is 0.258 e. The number of carbonyl (C=O) groups excluding carboxylic acids is 1. The van der Waals surface area contributed by atoms with Crippen LogP contribution in [0.3, 0.4) is 0 Å². The van der Waals surface area contributed by atoms with E-state index in [1.54, 1.807) is 6.07 Å². The first-order valence-electron chi connectivity index (χ1n) is 6.79. The maximum atomic E-state index is 12.1. The van der Waals surface area contributed by atoms with Crippen molar-refractivity contribution in [3.8, 4) is 0 Å². The van der Waals surface area contributed by atoms with Crippen LogP contribution in [0.2, 0.25) is 0 Å². The number of anilines is 2. The molecule has 21 heavy (non-hydrogen) atoms. The number of nitrogens with zero attached hydrogens (tertiary/aromatic N) is 3. The lowest BCUT2D eigenvalue weighted by Gasteiger charge is -2.16. The van der Waals surface area contributed by atoms with Crippen LogP contribution in [0.1, 0.15) is 23.2 Å². The second-order valence-corrected chi connectivity index (χ2v) is 4.85. The molecule has 108 valence electrons. The molecule has 1 aliphatic rings. The number of carbonyl (C=O) groups is 1. The molecule has 1 saturated heterocycles. The molecule has 2 aromatic rings. The summed E-state index contributed by atoms with van der Waals surface area (Å²) < 4.78 is 0. The Balaban J connectivity index is 1.75. The Morgan fingerprint density at radius 1 is 1.24 bits per heavy atom. The number of hydrogen-bond donors (Lipinski definition) is 2. The molecule has 0 unspecified atom stereocenters. The largest absolute Gasteiger partial charge is 0.356 e. The maximum absolute atomic E-state index is 12.1. The highest BCUT2D eigenvalue weighted by atomic mass is 16.2. The number of rotatable bonds is 3. The van der Waals surface area contributed by atoms with Crippen LogP contribution in [-0.2, 0) is 0 Å². The maximum Gasteiger partial charge on any atom is 0.258 e. The fourth-order valence-electron chi connectivity index (χ4n) is 2.27. The van der Waals surface area contributed by atoms with Crippen molar-refractivity contribution in [2.24, 2.45) is 0 Å². The van der Waals surface area contributed by atoms with Gasteiger partial charge in [-0.3, -0.25) is 9.59 Å². The zero-order valence-corrected chi connectivity index (χ0v) is 11.4. The van der Waals surface area contributed by atoms with Gasteiger partial charge in [-0.1, -0.05) is 0 Å². The zero-order chi connectivity index (χ0) is 14.7. The third-order valence-corrected chi connectivity index (χ3v) is 3.37. The van der Waals surface area contributed by atoms with Crippen molar-refractivity contribution >= 4 is 17.5 Å². The van der Waals surface area contributed by atoms with Crippen molar-refractivity contribution in [3.63, 3.8) is 0 Å². The number of hydrogen-bond acceptors (Lipinski definition) is 5. The topological polar surface area (TPSA) is 91.0 Å². The van der Waals surface area contributed by atoms with Gasteiger partial charge >= 0.3 is 0 Å². The molecule has 1 amide bonds. The van der Waals surface area contributed by atoms with Gasteiger partial charge in [0, 0.05) is 31.4 Å². The fraction of sp³-hybridized carbons (Fsp3) is 0.286. The summed E-state index contributed by atoms with van der Waals surface area (Å²) in [6.45, 7) is 1.95. The Hall–Kier alpha value is -2.70. The van der Waals surface area contributed by atoms with Crippen LogP contribution < -0.4 is 15.8 Å². The molecule has 2 aromatic heterocycles.